The molecule has 3 N–H and O–H groups in total. The van der Waals surface area contributed by atoms with Crippen molar-refractivity contribution in [3.63, 3.8) is 0 Å². The number of thiophene rings is 1. The Morgan fingerprint density at radius 1 is 1.52 bits per heavy atom. The van der Waals surface area contributed by atoms with Gasteiger partial charge < -0.3 is 11.1 Å². The maximum absolute atomic E-state index is 12.5. The first-order valence-electron chi connectivity index (χ1n) is 7.37. The standard InChI is InChI=1S/C16H19ClN2OS/c1-2-11(7-9-3-4-9)19-16(20)15-14(18)12-8-10(17)5-6-13(12)21-15/h5-6,8-9,11H,2-4,7,18H2,1H3,(H,19,20). The van der Waals surface area contributed by atoms with Gasteiger partial charge in [0, 0.05) is 21.2 Å². The molecule has 0 radical (unpaired) electrons. The van der Waals surface area contributed by atoms with Gasteiger partial charge in [0.2, 0.25) is 0 Å². The summed E-state index contributed by atoms with van der Waals surface area (Å²) < 4.78 is 0.997. The van der Waals surface area contributed by atoms with Crippen molar-refractivity contribution in [1.29, 1.82) is 0 Å². The fourth-order valence-corrected chi connectivity index (χ4v) is 3.77. The highest BCUT2D eigenvalue weighted by Crippen LogP contribution is 2.36. The van der Waals surface area contributed by atoms with Crippen LogP contribution in [0.1, 0.15) is 42.3 Å². The van der Waals surface area contributed by atoms with Gasteiger partial charge in [0.15, 0.2) is 0 Å². The Balaban J connectivity index is 1.81. The van der Waals surface area contributed by atoms with E-state index in [2.05, 4.69) is 12.2 Å². The van der Waals surface area contributed by atoms with Gasteiger partial charge in [-0.1, -0.05) is 31.4 Å². The third kappa shape index (κ3) is 3.16. The van der Waals surface area contributed by atoms with Crippen LogP contribution in [0.3, 0.4) is 0 Å². The molecule has 5 heteroatoms. The summed E-state index contributed by atoms with van der Waals surface area (Å²) in [6.07, 6.45) is 4.64. The highest BCUT2D eigenvalue weighted by molar-refractivity contribution is 7.21. The molecule has 112 valence electrons. The van der Waals surface area contributed by atoms with Crippen LogP contribution in [0, 0.1) is 5.92 Å². The van der Waals surface area contributed by atoms with Gasteiger partial charge in [-0.15, -0.1) is 11.3 Å². The number of rotatable bonds is 5. The molecule has 1 atom stereocenters. The first-order valence-corrected chi connectivity index (χ1v) is 8.56. The number of nitrogens with two attached hydrogens (primary N) is 1. The highest BCUT2D eigenvalue weighted by Gasteiger charge is 2.26. The molecule has 0 spiro atoms. The Hall–Kier alpha value is -1.26. The number of amides is 1. The number of halogens is 1. The van der Waals surface area contributed by atoms with E-state index in [1.807, 2.05) is 18.2 Å². The Kier molecular flexibility index (Phi) is 4.09. The van der Waals surface area contributed by atoms with E-state index in [4.69, 9.17) is 17.3 Å². The maximum Gasteiger partial charge on any atom is 0.263 e. The molecule has 1 aromatic carbocycles. The van der Waals surface area contributed by atoms with Crippen LogP contribution in [0.5, 0.6) is 0 Å². The molecule has 1 unspecified atom stereocenters. The van der Waals surface area contributed by atoms with E-state index >= 15 is 0 Å². The summed E-state index contributed by atoms with van der Waals surface area (Å²) in [4.78, 5) is 13.1. The zero-order valence-electron chi connectivity index (χ0n) is 12.0. The molecule has 1 heterocycles. The van der Waals surface area contributed by atoms with Gasteiger partial charge in [-0.25, -0.2) is 0 Å². The molecule has 1 amide bonds. The molecule has 1 aromatic heterocycles. The van der Waals surface area contributed by atoms with Crippen molar-refractivity contribution in [3.05, 3.63) is 28.1 Å². The first kappa shape index (κ1) is 14.7. The van der Waals surface area contributed by atoms with Crippen LogP contribution in [0.2, 0.25) is 5.02 Å². The Bertz CT molecular complexity index is 678. The van der Waals surface area contributed by atoms with Gasteiger partial charge in [-0.2, -0.15) is 0 Å². The zero-order valence-corrected chi connectivity index (χ0v) is 13.6. The van der Waals surface area contributed by atoms with Gasteiger partial charge >= 0.3 is 0 Å². The lowest BCUT2D eigenvalue weighted by Crippen LogP contribution is -2.34. The van der Waals surface area contributed by atoms with Crippen LogP contribution in [0.25, 0.3) is 10.1 Å². The van der Waals surface area contributed by atoms with Crippen molar-refractivity contribution in [3.8, 4) is 0 Å². The van der Waals surface area contributed by atoms with Crippen molar-refractivity contribution in [2.24, 2.45) is 5.92 Å². The van der Waals surface area contributed by atoms with Gasteiger partial charge in [-0.3, -0.25) is 4.79 Å². The van der Waals surface area contributed by atoms with Crippen LogP contribution < -0.4 is 11.1 Å². The lowest BCUT2D eigenvalue weighted by atomic mass is 10.1. The summed E-state index contributed by atoms with van der Waals surface area (Å²) in [5.41, 5.74) is 6.67. The topological polar surface area (TPSA) is 55.1 Å². The predicted octanol–water partition coefficient (Wildman–Crippen LogP) is 4.45. The second-order valence-corrected chi connectivity index (χ2v) is 7.23. The molecule has 2 aromatic rings. The quantitative estimate of drug-likeness (QED) is 0.854. The summed E-state index contributed by atoms with van der Waals surface area (Å²) in [6, 6.07) is 5.81. The molecule has 21 heavy (non-hydrogen) atoms. The van der Waals surface area contributed by atoms with Crippen LogP contribution in [-0.2, 0) is 0 Å². The van der Waals surface area contributed by atoms with Gasteiger partial charge in [0.25, 0.3) is 5.91 Å². The number of nitrogens with one attached hydrogen (secondary N) is 1. The monoisotopic (exact) mass is 322 g/mol. The summed E-state index contributed by atoms with van der Waals surface area (Å²) in [5.74, 6) is 0.742. The van der Waals surface area contributed by atoms with Crippen molar-refractivity contribution in [2.45, 2.75) is 38.6 Å². The molecule has 0 saturated heterocycles. The second-order valence-electron chi connectivity index (χ2n) is 5.74. The number of carbonyl (C=O) groups excluding carboxylic acids is 1. The fraction of sp³-hybridized carbons (Fsp3) is 0.438. The predicted molar refractivity (Wildman–Crippen MR) is 90.1 cm³/mol. The molecule has 3 nitrogen and oxygen atoms in total. The number of hydrogen-bond donors (Lipinski definition) is 2. The number of benzene rings is 1. The van der Waals surface area contributed by atoms with E-state index in [0.29, 0.717) is 15.6 Å². The van der Waals surface area contributed by atoms with Crippen molar-refractivity contribution < 1.29 is 4.79 Å². The average molecular weight is 323 g/mol. The van der Waals surface area contributed by atoms with E-state index < -0.39 is 0 Å². The normalized spacial score (nSPS) is 16.1. The summed E-state index contributed by atoms with van der Waals surface area (Å²) >= 11 is 7.43. The van der Waals surface area contributed by atoms with Crippen LogP contribution in [0.4, 0.5) is 5.69 Å². The lowest BCUT2D eigenvalue weighted by Gasteiger charge is -2.16. The Labute approximate surface area is 133 Å². The Morgan fingerprint density at radius 2 is 2.29 bits per heavy atom. The molecule has 0 bridgehead atoms. The largest absolute Gasteiger partial charge is 0.397 e. The minimum absolute atomic E-state index is 0.0580. The van der Waals surface area contributed by atoms with Crippen LogP contribution in [0.15, 0.2) is 18.2 Å². The minimum Gasteiger partial charge on any atom is -0.397 e. The molecule has 3 rings (SSSR count). The van der Waals surface area contributed by atoms with E-state index in [1.165, 1.54) is 24.2 Å². The molecule has 1 fully saturated rings. The minimum atomic E-state index is -0.0580. The summed E-state index contributed by atoms with van der Waals surface area (Å²) in [5, 5.41) is 4.64. The molecular formula is C16H19ClN2OS. The maximum atomic E-state index is 12.5. The first-order chi connectivity index (χ1) is 10.1. The molecule has 1 saturated carbocycles. The fourth-order valence-electron chi connectivity index (χ4n) is 2.59. The highest BCUT2D eigenvalue weighted by atomic mass is 35.5. The Morgan fingerprint density at radius 3 is 2.95 bits per heavy atom. The van der Waals surface area contributed by atoms with E-state index in [0.717, 1.165) is 28.8 Å². The number of carbonyl (C=O) groups is 1. The van der Waals surface area contributed by atoms with Crippen LogP contribution >= 0.6 is 22.9 Å². The van der Waals surface area contributed by atoms with Crippen molar-refractivity contribution in [2.75, 3.05) is 5.73 Å². The molecular weight excluding hydrogens is 304 g/mol. The smallest absolute Gasteiger partial charge is 0.263 e. The number of anilines is 1. The van der Waals surface area contributed by atoms with Crippen molar-refractivity contribution in [1.82, 2.24) is 5.32 Å². The lowest BCUT2D eigenvalue weighted by molar-refractivity contribution is 0.0937. The second kappa shape index (κ2) is 5.85. The van der Waals surface area contributed by atoms with E-state index in [9.17, 15) is 4.79 Å². The van der Waals surface area contributed by atoms with Gasteiger partial charge in [-0.05, 0) is 37.0 Å². The number of nitrogen functional groups attached to an aromatic ring is 1. The van der Waals surface area contributed by atoms with Gasteiger partial charge in [0.1, 0.15) is 4.88 Å². The third-order valence-corrected chi connectivity index (χ3v) is 5.46. The van der Waals surface area contributed by atoms with Crippen LogP contribution in [-0.4, -0.2) is 11.9 Å². The average Bonchev–Trinajstić information content (AvgIpc) is 3.22. The number of hydrogen-bond acceptors (Lipinski definition) is 3. The SMILES string of the molecule is CCC(CC1CC1)NC(=O)c1sc2ccc(Cl)cc2c1N. The van der Waals surface area contributed by atoms with Crippen molar-refractivity contribution >= 4 is 44.6 Å². The van der Waals surface area contributed by atoms with E-state index in [-0.39, 0.29) is 11.9 Å². The molecule has 1 aliphatic carbocycles. The summed E-state index contributed by atoms with van der Waals surface area (Å²) in [7, 11) is 0. The third-order valence-electron chi connectivity index (χ3n) is 4.04. The molecule has 0 aliphatic heterocycles. The number of fused-ring (bicyclic) bond motifs is 1. The molecule has 1 aliphatic rings. The van der Waals surface area contributed by atoms with Gasteiger partial charge in [0.05, 0.1) is 5.69 Å². The zero-order chi connectivity index (χ0) is 15.0. The van der Waals surface area contributed by atoms with E-state index in [1.54, 1.807) is 0 Å². The summed E-state index contributed by atoms with van der Waals surface area (Å²) in [6.45, 7) is 2.11.